The first kappa shape index (κ1) is 29.1. The number of rotatable bonds is 13. The second-order valence-electron chi connectivity index (χ2n) is 9.78. The van der Waals surface area contributed by atoms with Crippen molar-refractivity contribution in [3.05, 3.63) is 148 Å². The molecule has 4 atom stereocenters. The Kier molecular flexibility index (Phi) is 10.0. The van der Waals surface area contributed by atoms with E-state index in [1.165, 1.54) is 24.3 Å². The molecule has 0 amide bonds. The van der Waals surface area contributed by atoms with E-state index >= 15 is 0 Å². The summed E-state index contributed by atoms with van der Waals surface area (Å²) in [6.45, 7) is 1.07. The number of benzene rings is 4. The van der Waals surface area contributed by atoms with Gasteiger partial charge in [0.15, 0.2) is 0 Å². The SMILES string of the molecule is O=C(O[C@@H]1O[C@H](COCc2ccccc2)[C@H](OCc2ccccc2)[C@@H]1OCc1ccccc1)c1ccc([N+](=O)[O-])cc1. The normalized spacial score (nSPS) is 19.8. The maximum atomic E-state index is 13.1. The lowest BCUT2D eigenvalue weighted by Crippen LogP contribution is -2.40. The zero-order chi connectivity index (χ0) is 29.1. The van der Waals surface area contributed by atoms with Crippen molar-refractivity contribution >= 4 is 11.7 Å². The Bertz CT molecular complexity index is 1420. The number of hydrogen-bond acceptors (Lipinski definition) is 8. The molecule has 42 heavy (non-hydrogen) atoms. The first-order valence-corrected chi connectivity index (χ1v) is 13.6. The van der Waals surface area contributed by atoms with Crippen LogP contribution in [0.1, 0.15) is 27.0 Å². The number of carbonyl (C=O) groups is 1. The molecule has 1 fully saturated rings. The maximum Gasteiger partial charge on any atom is 0.340 e. The molecule has 0 spiro atoms. The quantitative estimate of drug-likeness (QED) is 0.112. The lowest BCUT2D eigenvalue weighted by Gasteiger charge is -2.25. The Hall–Kier alpha value is -4.41. The van der Waals surface area contributed by atoms with Crippen molar-refractivity contribution in [2.45, 2.75) is 44.4 Å². The summed E-state index contributed by atoms with van der Waals surface area (Å²) in [5.41, 5.74) is 2.93. The minimum absolute atomic E-state index is 0.127. The van der Waals surface area contributed by atoms with E-state index in [0.29, 0.717) is 6.61 Å². The standard InChI is InChI=1S/C33H31NO8/c35-32(27-16-18-28(19-17-27)34(36)37)42-33-31(40-22-26-14-8-3-9-15-26)30(39-21-25-12-6-2-7-13-25)29(41-33)23-38-20-24-10-4-1-5-11-24/h1-19,29-31,33H,20-23H2/t29-,30+,31+,33+/m1/s1. The molecule has 0 saturated carbocycles. The van der Waals surface area contributed by atoms with Gasteiger partial charge >= 0.3 is 5.97 Å². The van der Waals surface area contributed by atoms with E-state index in [4.69, 9.17) is 23.7 Å². The molecule has 4 aromatic carbocycles. The molecule has 1 saturated heterocycles. The second kappa shape index (κ2) is 14.5. The molecule has 0 aromatic heterocycles. The van der Waals surface area contributed by atoms with E-state index in [-0.39, 0.29) is 31.1 Å². The fourth-order valence-electron chi connectivity index (χ4n) is 4.59. The van der Waals surface area contributed by atoms with E-state index in [0.717, 1.165) is 16.7 Å². The van der Waals surface area contributed by atoms with Gasteiger partial charge in [0, 0.05) is 12.1 Å². The number of esters is 1. The fourth-order valence-corrected chi connectivity index (χ4v) is 4.59. The Morgan fingerprint density at radius 3 is 1.71 bits per heavy atom. The van der Waals surface area contributed by atoms with Crippen LogP contribution in [0.15, 0.2) is 115 Å². The summed E-state index contributed by atoms with van der Waals surface area (Å²) in [7, 11) is 0. The van der Waals surface area contributed by atoms with Gasteiger partial charge in [0.2, 0.25) is 6.29 Å². The predicted octanol–water partition coefficient (Wildman–Crippen LogP) is 5.86. The molecule has 1 heterocycles. The van der Waals surface area contributed by atoms with Crippen molar-refractivity contribution in [3.63, 3.8) is 0 Å². The van der Waals surface area contributed by atoms with Gasteiger partial charge in [0.1, 0.15) is 18.3 Å². The second-order valence-corrected chi connectivity index (χ2v) is 9.78. The third-order valence-electron chi connectivity index (χ3n) is 6.77. The predicted molar refractivity (Wildman–Crippen MR) is 153 cm³/mol. The summed E-state index contributed by atoms with van der Waals surface area (Å²) in [4.78, 5) is 23.6. The number of hydrogen-bond donors (Lipinski definition) is 0. The summed E-state index contributed by atoms with van der Waals surface area (Å²) in [5, 5.41) is 11.0. The van der Waals surface area contributed by atoms with E-state index in [9.17, 15) is 14.9 Å². The van der Waals surface area contributed by atoms with E-state index in [2.05, 4.69) is 0 Å². The van der Waals surface area contributed by atoms with Gasteiger partial charge < -0.3 is 23.7 Å². The number of carbonyl (C=O) groups excluding carboxylic acids is 1. The first-order valence-electron chi connectivity index (χ1n) is 13.6. The Labute approximate surface area is 243 Å². The van der Waals surface area contributed by atoms with E-state index < -0.39 is 35.5 Å². The number of nitrogens with zero attached hydrogens (tertiary/aromatic N) is 1. The molecule has 216 valence electrons. The largest absolute Gasteiger partial charge is 0.429 e. The molecule has 1 aliphatic rings. The number of non-ortho nitro benzene ring substituents is 1. The number of nitro benzene ring substituents is 1. The van der Waals surface area contributed by atoms with Crippen LogP contribution in [-0.4, -0.2) is 42.1 Å². The van der Waals surface area contributed by atoms with Crippen molar-refractivity contribution in [1.82, 2.24) is 0 Å². The highest BCUT2D eigenvalue weighted by Crippen LogP contribution is 2.31. The average molecular weight is 570 g/mol. The minimum Gasteiger partial charge on any atom is -0.429 e. The summed E-state index contributed by atoms with van der Waals surface area (Å²) in [5.74, 6) is -0.698. The third-order valence-corrected chi connectivity index (χ3v) is 6.77. The average Bonchev–Trinajstić information content (AvgIpc) is 3.35. The summed E-state index contributed by atoms with van der Waals surface area (Å²) in [6.07, 6.45) is -3.11. The molecule has 9 heteroatoms. The van der Waals surface area contributed by atoms with Crippen LogP contribution >= 0.6 is 0 Å². The molecule has 0 bridgehead atoms. The Morgan fingerprint density at radius 2 is 1.19 bits per heavy atom. The molecule has 9 nitrogen and oxygen atoms in total. The topological polar surface area (TPSA) is 106 Å². The van der Waals surface area contributed by atoms with Crippen molar-refractivity contribution in [2.75, 3.05) is 6.61 Å². The summed E-state index contributed by atoms with van der Waals surface area (Å²) >= 11 is 0. The van der Waals surface area contributed by atoms with Crippen LogP contribution in [0.25, 0.3) is 0 Å². The van der Waals surface area contributed by atoms with Crippen LogP contribution in [0.4, 0.5) is 5.69 Å². The molecule has 1 aliphatic heterocycles. The fraction of sp³-hybridized carbons (Fsp3) is 0.242. The minimum atomic E-state index is -1.11. The lowest BCUT2D eigenvalue weighted by molar-refractivity contribution is -0.384. The van der Waals surface area contributed by atoms with Gasteiger partial charge in [-0.1, -0.05) is 91.0 Å². The lowest BCUT2D eigenvalue weighted by atomic mass is 10.1. The Morgan fingerprint density at radius 1 is 0.690 bits per heavy atom. The van der Waals surface area contributed by atoms with Gasteiger partial charge in [0.25, 0.3) is 5.69 Å². The van der Waals surface area contributed by atoms with Crippen LogP contribution in [0.5, 0.6) is 0 Å². The van der Waals surface area contributed by atoms with E-state index in [1.54, 1.807) is 0 Å². The Balaban J connectivity index is 1.35. The van der Waals surface area contributed by atoms with Crippen LogP contribution in [0.3, 0.4) is 0 Å². The van der Waals surface area contributed by atoms with E-state index in [1.807, 2.05) is 91.0 Å². The summed E-state index contributed by atoms with van der Waals surface area (Å²) < 4.78 is 30.7. The highest BCUT2D eigenvalue weighted by molar-refractivity contribution is 5.89. The highest BCUT2D eigenvalue weighted by Gasteiger charge is 2.48. The van der Waals surface area contributed by atoms with Crippen LogP contribution < -0.4 is 0 Å². The molecule has 5 rings (SSSR count). The van der Waals surface area contributed by atoms with Crippen molar-refractivity contribution in [3.8, 4) is 0 Å². The van der Waals surface area contributed by atoms with Crippen LogP contribution in [0.2, 0.25) is 0 Å². The smallest absolute Gasteiger partial charge is 0.340 e. The zero-order valence-electron chi connectivity index (χ0n) is 22.8. The van der Waals surface area contributed by atoms with Crippen molar-refractivity contribution in [2.24, 2.45) is 0 Å². The van der Waals surface area contributed by atoms with Gasteiger partial charge in [-0.15, -0.1) is 0 Å². The van der Waals surface area contributed by atoms with Gasteiger partial charge in [-0.3, -0.25) is 10.1 Å². The van der Waals surface area contributed by atoms with Gasteiger partial charge in [-0.25, -0.2) is 4.79 Å². The molecule has 0 unspecified atom stereocenters. The van der Waals surface area contributed by atoms with Gasteiger partial charge in [-0.05, 0) is 28.8 Å². The third kappa shape index (κ3) is 7.86. The molecule has 4 aromatic rings. The van der Waals surface area contributed by atoms with Crippen LogP contribution in [-0.2, 0) is 43.5 Å². The first-order chi connectivity index (χ1) is 20.6. The number of nitro groups is 1. The van der Waals surface area contributed by atoms with Gasteiger partial charge in [0.05, 0.1) is 36.9 Å². The monoisotopic (exact) mass is 569 g/mol. The maximum absolute atomic E-state index is 13.1. The van der Waals surface area contributed by atoms with Crippen molar-refractivity contribution in [1.29, 1.82) is 0 Å². The van der Waals surface area contributed by atoms with Crippen molar-refractivity contribution < 1.29 is 33.4 Å². The molecule has 0 N–H and O–H groups in total. The molecular formula is C33H31NO8. The molecule has 0 aliphatic carbocycles. The highest BCUT2D eigenvalue weighted by atomic mass is 16.7. The number of ether oxygens (including phenoxy) is 5. The molecular weight excluding hydrogens is 538 g/mol. The summed E-state index contributed by atoms with van der Waals surface area (Å²) in [6, 6.07) is 34.3. The van der Waals surface area contributed by atoms with Crippen LogP contribution in [0, 0.1) is 10.1 Å². The molecule has 0 radical (unpaired) electrons. The van der Waals surface area contributed by atoms with Gasteiger partial charge in [-0.2, -0.15) is 0 Å². The zero-order valence-corrected chi connectivity index (χ0v) is 22.8.